The average Bonchev–Trinajstić information content (AvgIpc) is 2.86. The van der Waals surface area contributed by atoms with Gasteiger partial charge in [-0.1, -0.05) is 48.0 Å². The monoisotopic (exact) mass is 488 g/mol. The van der Waals surface area contributed by atoms with Crippen LogP contribution in [0.15, 0.2) is 60.7 Å². The van der Waals surface area contributed by atoms with Crippen LogP contribution in [0.4, 0.5) is 0 Å². The molecule has 7 nitrogen and oxygen atoms in total. The van der Waals surface area contributed by atoms with Crippen LogP contribution in [-0.2, 0) is 4.57 Å². The van der Waals surface area contributed by atoms with Gasteiger partial charge in [0.25, 0.3) is 0 Å². The maximum Gasteiger partial charge on any atom is 0.249 e. The second-order valence-electron chi connectivity index (χ2n) is 6.75. The molecule has 9 heteroatoms. The summed E-state index contributed by atoms with van der Waals surface area (Å²) in [7, 11) is 0.856. The van der Waals surface area contributed by atoms with E-state index in [0.717, 1.165) is 0 Å². The molecule has 3 aromatic rings. The van der Waals surface area contributed by atoms with Crippen molar-refractivity contribution in [3.05, 3.63) is 76.8 Å². The average molecular weight is 489 g/mol. The summed E-state index contributed by atoms with van der Waals surface area (Å²) in [5.41, 5.74) is -2.23. The van der Waals surface area contributed by atoms with Gasteiger partial charge >= 0.3 is 0 Å². The minimum Gasteiger partial charge on any atom is -0.496 e. The van der Waals surface area contributed by atoms with E-state index in [1.165, 1.54) is 64.8 Å². The molecule has 0 amide bonds. The van der Waals surface area contributed by atoms with Gasteiger partial charge in [0.2, 0.25) is 18.2 Å². The first kappa shape index (κ1) is 24.4. The van der Waals surface area contributed by atoms with Crippen LogP contribution >= 0.6 is 18.7 Å². The largest absolute Gasteiger partial charge is 0.496 e. The third-order valence-electron chi connectivity index (χ3n) is 5.04. The van der Waals surface area contributed by atoms with Crippen molar-refractivity contribution in [2.24, 2.45) is 0 Å². The van der Waals surface area contributed by atoms with Crippen LogP contribution < -0.4 is 24.3 Å². The van der Waals surface area contributed by atoms with E-state index in [1.807, 2.05) is 0 Å². The number of carbonyl (C=O) groups is 2. The van der Waals surface area contributed by atoms with E-state index in [9.17, 15) is 14.2 Å². The van der Waals surface area contributed by atoms with Gasteiger partial charge in [-0.15, -0.1) is 0 Å². The van der Waals surface area contributed by atoms with Gasteiger partial charge in [0.05, 0.1) is 33.5 Å². The molecule has 0 spiro atoms. The SMILES string of the molecule is COc1cccc(OC)c1C(=O)P(=O)(C(=O)c1c(OC)ccc(Cl)c1OC)c1ccccc1. The Kier molecular flexibility index (Phi) is 7.46. The number of benzene rings is 3. The van der Waals surface area contributed by atoms with Crippen molar-refractivity contribution >= 4 is 35.1 Å². The fourth-order valence-electron chi connectivity index (χ4n) is 3.45. The molecule has 0 aromatic heterocycles. The third kappa shape index (κ3) is 4.22. The van der Waals surface area contributed by atoms with Crippen LogP contribution in [0.5, 0.6) is 23.0 Å². The summed E-state index contributed by atoms with van der Waals surface area (Å²) in [6.45, 7) is 0. The zero-order valence-corrected chi connectivity index (χ0v) is 20.1. The summed E-state index contributed by atoms with van der Waals surface area (Å²) in [5, 5.41) is 0.139. The van der Waals surface area contributed by atoms with E-state index in [0.29, 0.717) is 0 Å². The standard InChI is InChI=1S/C24H22ClO7P/c1-29-17-11-8-12-18(30-2)20(17)23(26)33(28,15-9-6-5-7-10-15)24(27)21-19(31-3)14-13-16(25)22(21)32-4/h5-14H,1-4H3. The summed E-state index contributed by atoms with van der Waals surface area (Å²) in [6, 6.07) is 15.4. The van der Waals surface area contributed by atoms with E-state index in [1.54, 1.807) is 24.3 Å². The highest BCUT2D eigenvalue weighted by atomic mass is 35.5. The molecule has 1 atom stereocenters. The first-order chi connectivity index (χ1) is 15.8. The Bertz CT molecular complexity index is 1220. The predicted molar refractivity (Wildman–Crippen MR) is 126 cm³/mol. The highest BCUT2D eigenvalue weighted by Crippen LogP contribution is 2.56. The van der Waals surface area contributed by atoms with Gasteiger partial charge in [0.15, 0.2) is 5.75 Å². The molecule has 0 heterocycles. The van der Waals surface area contributed by atoms with Gasteiger partial charge in [0.1, 0.15) is 28.4 Å². The second kappa shape index (κ2) is 10.1. The normalized spacial score (nSPS) is 12.4. The molecule has 0 aliphatic heterocycles. The van der Waals surface area contributed by atoms with Crippen LogP contribution in [0.3, 0.4) is 0 Å². The third-order valence-corrected chi connectivity index (χ3v) is 7.96. The van der Waals surface area contributed by atoms with Crippen molar-refractivity contribution in [1.82, 2.24) is 0 Å². The van der Waals surface area contributed by atoms with E-state index >= 15 is 0 Å². The smallest absolute Gasteiger partial charge is 0.249 e. The van der Waals surface area contributed by atoms with Crippen molar-refractivity contribution in [3.8, 4) is 23.0 Å². The Morgan fingerprint density at radius 3 is 1.70 bits per heavy atom. The Morgan fingerprint density at radius 1 is 0.667 bits per heavy atom. The quantitative estimate of drug-likeness (QED) is 0.390. The topological polar surface area (TPSA) is 88.1 Å². The van der Waals surface area contributed by atoms with Crippen LogP contribution in [0.1, 0.15) is 20.7 Å². The van der Waals surface area contributed by atoms with Gasteiger partial charge in [-0.3, -0.25) is 9.59 Å². The van der Waals surface area contributed by atoms with E-state index in [-0.39, 0.29) is 44.5 Å². The zero-order valence-electron chi connectivity index (χ0n) is 18.5. The Morgan fingerprint density at radius 2 is 1.18 bits per heavy atom. The summed E-state index contributed by atoms with van der Waals surface area (Å²) in [5.74, 6) is 0.260. The molecule has 1 unspecified atom stereocenters. The molecular formula is C24H22ClO7P. The lowest BCUT2D eigenvalue weighted by atomic mass is 10.2. The van der Waals surface area contributed by atoms with Crippen LogP contribution in [0.25, 0.3) is 0 Å². The number of hydrogen-bond donors (Lipinski definition) is 0. The maximum atomic E-state index is 14.6. The minimum atomic E-state index is -4.53. The Balaban J connectivity index is 2.37. The minimum absolute atomic E-state index is 0.0389. The van der Waals surface area contributed by atoms with E-state index in [2.05, 4.69) is 0 Å². The lowest BCUT2D eigenvalue weighted by Crippen LogP contribution is -2.22. The second-order valence-corrected chi connectivity index (χ2v) is 9.71. The van der Waals surface area contributed by atoms with Crippen molar-refractivity contribution in [3.63, 3.8) is 0 Å². The number of hydrogen-bond acceptors (Lipinski definition) is 7. The first-order valence-electron chi connectivity index (χ1n) is 9.72. The summed E-state index contributed by atoms with van der Waals surface area (Å²) < 4.78 is 36.0. The fourth-order valence-corrected chi connectivity index (χ4v) is 5.99. The van der Waals surface area contributed by atoms with Gasteiger partial charge in [-0.25, -0.2) is 0 Å². The van der Waals surface area contributed by atoms with Gasteiger partial charge in [0, 0.05) is 5.30 Å². The molecule has 3 rings (SSSR count). The lowest BCUT2D eigenvalue weighted by Gasteiger charge is -2.21. The highest BCUT2D eigenvalue weighted by Gasteiger charge is 2.47. The zero-order chi connectivity index (χ0) is 24.2. The summed E-state index contributed by atoms with van der Waals surface area (Å²) in [4.78, 5) is 28.0. The molecule has 172 valence electrons. The Labute approximate surface area is 196 Å². The lowest BCUT2D eigenvalue weighted by molar-refractivity contribution is 0.103. The number of carbonyl (C=O) groups excluding carboxylic acids is 2. The molecule has 3 aromatic carbocycles. The van der Waals surface area contributed by atoms with Crippen molar-refractivity contribution in [2.45, 2.75) is 0 Å². The van der Waals surface area contributed by atoms with Gasteiger partial charge < -0.3 is 23.5 Å². The molecule has 0 fully saturated rings. The number of ether oxygens (including phenoxy) is 4. The predicted octanol–water partition coefficient (Wildman–Crippen LogP) is 5.04. The molecule has 0 saturated carbocycles. The van der Waals surface area contributed by atoms with Crippen LogP contribution in [0.2, 0.25) is 5.02 Å². The molecule has 0 saturated heterocycles. The molecular weight excluding hydrogens is 467 g/mol. The number of rotatable bonds is 9. The van der Waals surface area contributed by atoms with E-state index < -0.39 is 18.2 Å². The molecule has 33 heavy (non-hydrogen) atoms. The summed E-state index contributed by atoms with van der Waals surface area (Å²) >= 11 is 6.24. The molecule has 0 N–H and O–H groups in total. The molecule has 0 bridgehead atoms. The van der Waals surface area contributed by atoms with Crippen LogP contribution in [0, 0.1) is 0 Å². The molecule has 0 aliphatic carbocycles. The number of halogens is 1. The highest BCUT2D eigenvalue weighted by molar-refractivity contribution is 8.01. The van der Waals surface area contributed by atoms with Gasteiger partial charge in [-0.05, 0) is 24.3 Å². The Hall–Kier alpha value is -3.28. The fraction of sp³-hybridized carbons (Fsp3) is 0.167. The van der Waals surface area contributed by atoms with Crippen molar-refractivity contribution in [2.75, 3.05) is 28.4 Å². The van der Waals surface area contributed by atoms with Gasteiger partial charge in [-0.2, -0.15) is 0 Å². The van der Waals surface area contributed by atoms with E-state index in [4.69, 9.17) is 30.5 Å². The molecule has 0 aliphatic rings. The maximum absolute atomic E-state index is 14.6. The summed E-state index contributed by atoms with van der Waals surface area (Å²) in [6.07, 6.45) is 0. The number of methoxy groups -OCH3 is 4. The first-order valence-corrected chi connectivity index (χ1v) is 11.8. The van der Waals surface area contributed by atoms with Crippen LogP contribution in [-0.4, -0.2) is 39.5 Å². The molecule has 0 radical (unpaired) electrons. The van der Waals surface area contributed by atoms with Crippen molar-refractivity contribution in [1.29, 1.82) is 0 Å². The van der Waals surface area contributed by atoms with Crippen molar-refractivity contribution < 1.29 is 33.1 Å².